The number of aryl methyl sites for hydroxylation is 2. The predicted octanol–water partition coefficient (Wildman–Crippen LogP) is 2.90. The van der Waals surface area contributed by atoms with Crippen LogP contribution in [0.4, 0.5) is 11.4 Å². The Morgan fingerprint density at radius 1 is 1.10 bits per heavy atom. The number of anilines is 2. The summed E-state index contributed by atoms with van der Waals surface area (Å²) in [6.07, 6.45) is 4.11. The van der Waals surface area contributed by atoms with Gasteiger partial charge in [-0.25, -0.2) is 14.6 Å². The molecule has 0 amide bonds. The lowest BCUT2D eigenvalue weighted by atomic mass is 10.1. The van der Waals surface area contributed by atoms with Crippen molar-refractivity contribution < 1.29 is 9.53 Å². The summed E-state index contributed by atoms with van der Waals surface area (Å²) in [5, 5.41) is 3.63. The van der Waals surface area contributed by atoms with E-state index in [9.17, 15) is 14.4 Å². The normalized spacial score (nSPS) is 10.9. The summed E-state index contributed by atoms with van der Waals surface area (Å²) in [5.74, 6) is -0.359. The first kappa shape index (κ1) is 21.3. The van der Waals surface area contributed by atoms with E-state index in [1.165, 1.54) is 11.6 Å². The number of hydrogen-bond donors (Lipinski definition) is 1. The van der Waals surface area contributed by atoms with Gasteiger partial charge >= 0.3 is 11.7 Å². The molecule has 0 saturated heterocycles. The summed E-state index contributed by atoms with van der Waals surface area (Å²) >= 11 is 0. The molecule has 0 unspecified atom stereocenters. The SMILES string of the molecule is CCCCOC(=O)c1ccc(Nc2c(CC)cnc3c2c(=O)n(C)c(=O)n3C)cc1. The highest BCUT2D eigenvalue weighted by atomic mass is 16.5. The molecular formula is C22H26N4O4. The molecule has 30 heavy (non-hydrogen) atoms. The van der Waals surface area contributed by atoms with E-state index < -0.39 is 11.2 Å². The third-order valence-electron chi connectivity index (χ3n) is 5.05. The van der Waals surface area contributed by atoms with Crippen LogP contribution in [0.15, 0.2) is 40.1 Å². The summed E-state index contributed by atoms with van der Waals surface area (Å²) in [4.78, 5) is 41.5. The van der Waals surface area contributed by atoms with Crippen LogP contribution in [0.3, 0.4) is 0 Å². The largest absolute Gasteiger partial charge is 0.462 e. The number of carbonyl (C=O) groups excluding carboxylic acids is 1. The van der Waals surface area contributed by atoms with Crippen molar-refractivity contribution in [1.82, 2.24) is 14.1 Å². The number of ether oxygens (including phenoxy) is 1. The Morgan fingerprint density at radius 2 is 1.80 bits per heavy atom. The highest BCUT2D eigenvalue weighted by Crippen LogP contribution is 2.27. The number of rotatable bonds is 7. The summed E-state index contributed by atoms with van der Waals surface area (Å²) in [7, 11) is 3.04. The standard InChI is InChI=1S/C22H26N4O4/c1-5-7-12-30-21(28)15-8-10-16(11-9-15)24-18-14(6-2)13-23-19-17(18)20(27)26(4)22(29)25(19)3/h8-11,13H,5-7,12H2,1-4H3,(H,23,24). The Hall–Kier alpha value is -3.42. The summed E-state index contributed by atoms with van der Waals surface area (Å²) in [6.45, 7) is 4.41. The van der Waals surface area contributed by atoms with Gasteiger partial charge in [0.25, 0.3) is 5.56 Å². The van der Waals surface area contributed by atoms with Gasteiger partial charge in [0.05, 0.1) is 17.9 Å². The van der Waals surface area contributed by atoms with Crippen molar-refractivity contribution >= 4 is 28.4 Å². The minimum absolute atomic E-state index is 0.318. The van der Waals surface area contributed by atoms with Crippen LogP contribution in [0.2, 0.25) is 0 Å². The number of fused-ring (bicyclic) bond motifs is 1. The lowest BCUT2D eigenvalue weighted by Gasteiger charge is -2.16. The number of hydrogen-bond acceptors (Lipinski definition) is 6. The van der Waals surface area contributed by atoms with E-state index >= 15 is 0 Å². The third-order valence-corrected chi connectivity index (χ3v) is 5.05. The van der Waals surface area contributed by atoms with E-state index in [4.69, 9.17) is 4.74 Å². The van der Waals surface area contributed by atoms with Crippen LogP contribution >= 0.6 is 0 Å². The van der Waals surface area contributed by atoms with Crippen LogP contribution in [0, 0.1) is 0 Å². The Balaban J connectivity index is 2.00. The Kier molecular flexibility index (Phi) is 6.34. The molecule has 1 aromatic carbocycles. The topological polar surface area (TPSA) is 95.2 Å². The molecule has 8 nitrogen and oxygen atoms in total. The van der Waals surface area contributed by atoms with Crippen molar-refractivity contribution in [3.8, 4) is 0 Å². The number of esters is 1. The maximum absolute atomic E-state index is 12.9. The highest BCUT2D eigenvalue weighted by molar-refractivity contribution is 5.93. The molecule has 0 aliphatic rings. The number of aromatic nitrogens is 3. The molecule has 3 rings (SSSR count). The highest BCUT2D eigenvalue weighted by Gasteiger charge is 2.17. The number of unbranched alkanes of at least 4 members (excludes halogenated alkanes) is 1. The van der Waals surface area contributed by atoms with Gasteiger partial charge < -0.3 is 10.1 Å². The second-order valence-electron chi connectivity index (χ2n) is 7.11. The van der Waals surface area contributed by atoms with Crippen molar-refractivity contribution in [3.05, 3.63) is 62.4 Å². The molecule has 2 heterocycles. The van der Waals surface area contributed by atoms with Crippen LogP contribution in [-0.2, 0) is 25.3 Å². The monoisotopic (exact) mass is 410 g/mol. The second-order valence-corrected chi connectivity index (χ2v) is 7.11. The maximum Gasteiger partial charge on any atom is 0.338 e. The molecule has 0 spiro atoms. The molecule has 0 radical (unpaired) electrons. The fraction of sp³-hybridized carbons (Fsp3) is 0.364. The first-order chi connectivity index (χ1) is 14.4. The zero-order valence-electron chi connectivity index (χ0n) is 17.7. The van der Waals surface area contributed by atoms with Crippen molar-refractivity contribution in [2.45, 2.75) is 33.1 Å². The smallest absolute Gasteiger partial charge is 0.338 e. The van der Waals surface area contributed by atoms with Gasteiger partial charge in [0, 0.05) is 26.0 Å². The van der Waals surface area contributed by atoms with Gasteiger partial charge in [-0.15, -0.1) is 0 Å². The zero-order valence-corrected chi connectivity index (χ0v) is 17.7. The average molecular weight is 410 g/mol. The minimum Gasteiger partial charge on any atom is -0.462 e. The van der Waals surface area contributed by atoms with Crippen molar-refractivity contribution in [2.24, 2.45) is 14.1 Å². The molecule has 8 heteroatoms. The molecule has 0 saturated carbocycles. The molecule has 2 aromatic heterocycles. The van der Waals surface area contributed by atoms with Gasteiger partial charge in [-0.3, -0.25) is 13.9 Å². The van der Waals surface area contributed by atoms with Crippen molar-refractivity contribution in [2.75, 3.05) is 11.9 Å². The van der Waals surface area contributed by atoms with E-state index in [2.05, 4.69) is 10.3 Å². The molecule has 1 N–H and O–H groups in total. The van der Waals surface area contributed by atoms with Crippen LogP contribution in [0.25, 0.3) is 11.0 Å². The van der Waals surface area contributed by atoms with E-state index in [1.54, 1.807) is 37.5 Å². The van der Waals surface area contributed by atoms with Crippen molar-refractivity contribution in [3.63, 3.8) is 0 Å². The van der Waals surface area contributed by atoms with Gasteiger partial charge in [0.2, 0.25) is 0 Å². The number of benzene rings is 1. The van der Waals surface area contributed by atoms with E-state index in [0.29, 0.717) is 41.0 Å². The lowest BCUT2D eigenvalue weighted by Crippen LogP contribution is -2.37. The van der Waals surface area contributed by atoms with Crippen LogP contribution < -0.4 is 16.6 Å². The molecule has 3 aromatic rings. The maximum atomic E-state index is 12.9. The summed E-state index contributed by atoms with van der Waals surface area (Å²) < 4.78 is 7.66. The lowest BCUT2D eigenvalue weighted by molar-refractivity contribution is 0.0500. The number of carbonyl (C=O) groups is 1. The Bertz CT molecular complexity index is 1190. The van der Waals surface area contributed by atoms with Gasteiger partial charge in [0.15, 0.2) is 5.65 Å². The zero-order chi connectivity index (χ0) is 21.8. The molecule has 0 fully saturated rings. The van der Waals surface area contributed by atoms with E-state index in [-0.39, 0.29) is 5.97 Å². The number of nitrogens with zero attached hydrogens (tertiary/aromatic N) is 3. The fourth-order valence-corrected chi connectivity index (χ4v) is 3.20. The van der Waals surface area contributed by atoms with Crippen LogP contribution in [0.5, 0.6) is 0 Å². The number of nitrogens with one attached hydrogen (secondary N) is 1. The molecular weight excluding hydrogens is 384 g/mol. The average Bonchev–Trinajstić information content (AvgIpc) is 2.76. The van der Waals surface area contributed by atoms with Crippen LogP contribution in [-0.4, -0.2) is 26.7 Å². The molecule has 0 aliphatic carbocycles. The fourth-order valence-electron chi connectivity index (χ4n) is 3.20. The summed E-state index contributed by atoms with van der Waals surface area (Å²) in [6, 6.07) is 6.88. The Labute approximate surface area is 174 Å². The van der Waals surface area contributed by atoms with Gasteiger partial charge in [-0.05, 0) is 42.7 Å². The van der Waals surface area contributed by atoms with Gasteiger partial charge in [0.1, 0.15) is 5.39 Å². The van der Waals surface area contributed by atoms with Gasteiger partial charge in [-0.1, -0.05) is 20.3 Å². The van der Waals surface area contributed by atoms with E-state index in [1.807, 2.05) is 13.8 Å². The first-order valence-electron chi connectivity index (χ1n) is 10.0. The first-order valence-corrected chi connectivity index (χ1v) is 10.0. The van der Waals surface area contributed by atoms with Crippen molar-refractivity contribution in [1.29, 1.82) is 0 Å². The van der Waals surface area contributed by atoms with E-state index in [0.717, 1.165) is 23.0 Å². The minimum atomic E-state index is -0.430. The molecule has 0 bridgehead atoms. The Morgan fingerprint density at radius 3 is 2.43 bits per heavy atom. The second kappa shape index (κ2) is 8.94. The quantitative estimate of drug-likeness (QED) is 0.475. The molecule has 0 atom stereocenters. The van der Waals surface area contributed by atoms with Gasteiger partial charge in [-0.2, -0.15) is 0 Å². The third kappa shape index (κ3) is 3.98. The molecule has 0 aliphatic heterocycles. The predicted molar refractivity (Wildman–Crippen MR) is 117 cm³/mol. The number of pyridine rings is 1. The van der Waals surface area contributed by atoms with Crippen LogP contribution in [0.1, 0.15) is 42.6 Å². The molecule has 158 valence electrons. The summed E-state index contributed by atoms with van der Waals surface area (Å²) in [5.41, 5.74) is 2.11.